The lowest BCUT2D eigenvalue weighted by molar-refractivity contribution is -0.133. The van der Waals surface area contributed by atoms with Crippen LogP contribution in [0.15, 0.2) is 12.3 Å². The zero-order valence-electron chi connectivity index (χ0n) is 3.50. The van der Waals surface area contributed by atoms with Crippen LogP contribution >= 0.6 is 0 Å². The number of amides is 2. The van der Waals surface area contributed by atoms with E-state index in [0.29, 0.717) is 6.41 Å². The van der Waals surface area contributed by atoms with Gasteiger partial charge in [0, 0.05) is 12.3 Å². The topological polar surface area (TPSA) is 37.4 Å². The standard InChI is InChI=1S/C4H3NO2/c6-3-5-2-1-4(5)7/h1-3H. The fraction of sp³-hybridized carbons (Fsp3) is 0. The van der Waals surface area contributed by atoms with E-state index in [4.69, 9.17) is 0 Å². The van der Waals surface area contributed by atoms with Crippen LogP contribution in [0.3, 0.4) is 0 Å². The number of carbonyl (C=O) groups is 2. The van der Waals surface area contributed by atoms with Gasteiger partial charge < -0.3 is 0 Å². The van der Waals surface area contributed by atoms with Crippen LogP contribution in [0.4, 0.5) is 0 Å². The fourth-order valence-corrected chi connectivity index (χ4v) is 0.309. The van der Waals surface area contributed by atoms with Crippen LogP contribution in [0.5, 0.6) is 0 Å². The molecule has 0 bridgehead atoms. The first-order valence-electron chi connectivity index (χ1n) is 1.80. The van der Waals surface area contributed by atoms with Crippen molar-refractivity contribution in [2.24, 2.45) is 0 Å². The molecule has 3 heteroatoms. The molecule has 0 spiro atoms. The summed E-state index contributed by atoms with van der Waals surface area (Å²) in [6.07, 6.45) is 3.21. The summed E-state index contributed by atoms with van der Waals surface area (Å²) in [5.74, 6) is -0.241. The molecular formula is C4H3NO2. The van der Waals surface area contributed by atoms with Gasteiger partial charge in [-0.15, -0.1) is 0 Å². The van der Waals surface area contributed by atoms with Crippen molar-refractivity contribution < 1.29 is 9.59 Å². The van der Waals surface area contributed by atoms with E-state index in [0.717, 1.165) is 4.90 Å². The van der Waals surface area contributed by atoms with Crippen molar-refractivity contribution in [3.8, 4) is 0 Å². The maximum Gasteiger partial charge on any atom is 0.258 e. The van der Waals surface area contributed by atoms with Crippen molar-refractivity contribution in [1.82, 2.24) is 4.90 Å². The van der Waals surface area contributed by atoms with Crippen LogP contribution in [0, 0.1) is 0 Å². The monoisotopic (exact) mass is 97.0 g/mol. The molecule has 0 fully saturated rings. The smallest absolute Gasteiger partial charge is 0.258 e. The van der Waals surface area contributed by atoms with E-state index in [1.165, 1.54) is 12.3 Å². The van der Waals surface area contributed by atoms with Gasteiger partial charge in [-0.1, -0.05) is 0 Å². The van der Waals surface area contributed by atoms with Crippen molar-refractivity contribution >= 4 is 12.3 Å². The average molecular weight is 97.1 g/mol. The molecule has 1 rings (SSSR count). The molecule has 0 saturated carbocycles. The second-order valence-electron chi connectivity index (χ2n) is 1.17. The number of imide groups is 1. The predicted octanol–water partition coefficient (Wildman–Crippen LogP) is -0.501. The van der Waals surface area contributed by atoms with E-state index in [1.54, 1.807) is 0 Å². The summed E-state index contributed by atoms with van der Waals surface area (Å²) in [5, 5.41) is 0. The molecule has 0 N–H and O–H groups in total. The van der Waals surface area contributed by atoms with E-state index in [2.05, 4.69) is 0 Å². The molecule has 1 aliphatic heterocycles. The van der Waals surface area contributed by atoms with Gasteiger partial charge in [0.25, 0.3) is 5.91 Å². The molecule has 0 aliphatic carbocycles. The van der Waals surface area contributed by atoms with Gasteiger partial charge in [0.2, 0.25) is 6.41 Å². The van der Waals surface area contributed by atoms with E-state index in [1.807, 2.05) is 0 Å². The summed E-state index contributed by atoms with van der Waals surface area (Å²) in [6.45, 7) is 0. The molecule has 0 saturated heterocycles. The van der Waals surface area contributed by atoms with Crippen LogP contribution in [0.2, 0.25) is 0 Å². The van der Waals surface area contributed by atoms with E-state index in [9.17, 15) is 9.59 Å². The Morgan fingerprint density at radius 1 is 1.71 bits per heavy atom. The third kappa shape index (κ3) is 0.415. The first-order valence-corrected chi connectivity index (χ1v) is 1.80. The van der Waals surface area contributed by atoms with Crippen molar-refractivity contribution in [2.75, 3.05) is 0 Å². The van der Waals surface area contributed by atoms with Gasteiger partial charge in [0.15, 0.2) is 0 Å². The van der Waals surface area contributed by atoms with E-state index < -0.39 is 0 Å². The van der Waals surface area contributed by atoms with Gasteiger partial charge in [-0.05, 0) is 0 Å². The Bertz CT molecular complexity index is 139. The highest BCUT2D eigenvalue weighted by atomic mass is 16.2. The lowest BCUT2D eigenvalue weighted by atomic mass is 10.4. The number of carbonyl (C=O) groups excluding carboxylic acids is 2. The van der Waals surface area contributed by atoms with Gasteiger partial charge in [0.1, 0.15) is 0 Å². The molecule has 0 aromatic heterocycles. The highest BCUT2D eigenvalue weighted by Crippen LogP contribution is 1.98. The summed E-state index contributed by atoms with van der Waals surface area (Å²) in [5.41, 5.74) is 0. The molecule has 0 unspecified atom stereocenters. The molecule has 0 aromatic carbocycles. The molecule has 7 heavy (non-hydrogen) atoms. The summed E-state index contributed by atoms with van der Waals surface area (Å²) in [6, 6.07) is 0. The van der Waals surface area contributed by atoms with Gasteiger partial charge in [-0.3, -0.25) is 14.5 Å². The van der Waals surface area contributed by atoms with Crippen LogP contribution in [0.25, 0.3) is 0 Å². The number of hydrogen-bond donors (Lipinski definition) is 0. The van der Waals surface area contributed by atoms with E-state index >= 15 is 0 Å². The first kappa shape index (κ1) is 4.05. The molecule has 36 valence electrons. The Kier molecular flexibility index (Phi) is 0.685. The molecule has 2 amide bonds. The Labute approximate surface area is 40.2 Å². The highest BCUT2D eigenvalue weighted by molar-refractivity contribution is 6.01. The third-order valence-corrected chi connectivity index (χ3v) is 0.746. The Balaban J connectivity index is 2.65. The number of rotatable bonds is 1. The number of nitrogens with zero attached hydrogens (tertiary/aromatic N) is 1. The van der Waals surface area contributed by atoms with Crippen LogP contribution < -0.4 is 0 Å². The Morgan fingerprint density at radius 3 is 2.43 bits per heavy atom. The van der Waals surface area contributed by atoms with Gasteiger partial charge >= 0.3 is 0 Å². The molecule has 0 aromatic rings. The van der Waals surface area contributed by atoms with Crippen molar-refractivity contribution in [3.05, 3.63) is 12.3 Å². The van der Waals surface area contributed by atoms with Crippen LogP contribution in [-0.2, 0) is 9.59 Å². The second-order valence-corrected chi connectivity index (χ2v) is 1.17. The molecule has 0 atom stereocenters. The average Bonchev–Trinajstić information content (AvgIpc) is 1.65. The SMILES string of the molecule is O=CN1C=CC1=O. The summed E-state index contributed by atoms with van der Waals surface area (Å²) >= 11 is 0. The van der Waals surface area contributed by atoms with E-state index in [-0.39, 0.29) is 5.91 Å². The van der Waals surface area contributed by atoms with Crippen molar-refractivity contribution in [1.29, 1.82) is 0 Å². The van der Waals surface area contributed by atoms with Gasteiger partial charge in [0.05, 0.1) is 0 Å². The number of hydrogen-bond acceptors (Lipinski definition) is 2. The molecular weight excluding hydrogens is 94.0 g/mol. The Morgan fingerprint density at radius 2 is 2.43 bits per heavy atom. The van der Waals surface area contributed by atoms with Crippen LogP contribution in [-0.4, -0.2) is 17.2 Å². The minimum atomic E-state index is -0.241. The molecule has 1 heterocycles. The van der Waals surface area contributed by atoms with Crippen molar-refractivity contribution in [3.63, 3.8) is 0 Å². The zero-order chi connectivity index (χ0) is 5.28. The van der Waals surface area contributed by atoms with Gasteiger partial charge in [-0.25, -0.2) is 0 Å². The minimum absolute atomic E-state index is 0.241. The fourth-order valence-electron chi connectivity index (χ4n) is 0.309. The first-order chi connectivity index (χ1) is 3.34. The summed E-state index contributed by atoms with van der Waals surface area (Å²) < 4.78 is 0. The quantitative estimate of drug-likeness (QED) is 0.413. The minimum Gasteiger partial charge on any atom is -0.278 e. The van der Waals surface area contributed by atoms with Gasteiger partial charge in [-0.2, -0.15) is 0 Å². The maximum atomic E-state index is 10.1. The summed E-state index contributed by atoms with van der Waals surface area (Å²) in [7, 11) is 0. The third-order valence-electron chi connectivity index (χ3n) is 0.746. The molecule has 0 radical (unpaired) electrons. The van der Waals surface area contributed by atoms with Crippen molar-refractivity contribution in [2.45, 2.75) is 0 Å². The lowest BCUT2D eigenvalue weighted by Crippen LogP contribution is -2.29. The predicted molar refractivity (Wildman–Crippen MR) is 22.0 cm³/mol. The molecule has 1 aliphatic rings. The summed E-state index contributed by atoms with van der Waals surface area (Å²) in [4.78, 5) is 20.7. The molecule has 3 nitrogen and oxygen atoms in total. The van der Waals surface area contributed by atoms with Crippen LogP contribution in [0.1, 0.15) is 0 Å². The zero-order valence-corrected chi connectivity index (χ0v) is 3.50. The lowest BCUT2D eigenvalue weighted by Gasteiger charge is -2.12. The maximum absolute atomic E-state index is 10.1. The largest absolute Gasteiger partial charge is 0.278 e. The normalized spacial score (nSPS) is 16.6. The second kappa shape index (κ2) is 1.18. The highest BCUT2D eigenvalue weighted by Gasteiger charge is 2.12. The Hall–Kier alpha value is -1.12.